The van der Waals surface area contributed by atoms with E-state index in [4.69, 9.17) is 0 Å². The van der Waals surface area contributed by atoms with Gasteiger partial charge in [0.2, 0.25) is 5.03 Å². The van der Waals surface area contributed by atoms with E-state index in [-0.39, 0.29) is 15.7 Å². The summed E-state index contributed by atoms with van der Waals surface area (Å²) in [5.41, 5.74) is 0. The predicted octanol–water partition coefficient (Wildman–Crippen LogP) is 1.82. The zero-order chi connectivity index (χ0) is 14.0. The molecule has 2 rings (SSSR count). The van der Waals surface area contributed by atoms with Gasteiger partial charge in [-0.25, -0.2) is 17.8 Å². The highest BCUT2D eigenvalue weighted by Gasteiger charge is 2.29. The summed E-state index contributed by atoms with van der Waals surface area (Å²) in [6.07, 6.45) is 5.17. The molecule has 1 N–H and O–H groups in total. The molecule has 6 nitrogen and oxygen atoms in total. The normalized spacial score (nSPS) is 24.6. The van der Waals surface area contributed by atoms with Gasteiger partial charge in [0.15, 0.2) is 4.60 Å². The number of hydrogen-bond acceptors (Lipinski definition) is 4. The van der Waals surface area contributed by atoms with Crippen LogP contribution in [0.15, 0.2) is 9.63 Å². The summed E-state index contributed by atoms with van der Waals surface area (Å²) in [5.74, 6) is 0.742. The van der Waals surface area contributed by atoms with E-state index in [9.17, 15) is 8.42 Å². The molecule has 0 amide bonds. The van der Waals surface area contributed by atoms with Gasteiger partial charge < -0.3 is 0 Å². The third-order valence-electron chi connectivity index (χ3n) is 3.74. The van der Waals surface area contributed by atoms with Crippen molar-refractivity contribution in [3.8, 4) is 0 Å². The molecule has 108 valence electrons. The topological polar surface area (TPSA) is 76.9 Å². The van der Waals surface area contributed by atoms with Crippen molar-refractivity contribution < 1.29 is 8.42 Å². The minimum Gasteiger partial charge on any atom is -0.235 e. The Balaban J connectivity index is 2.07. The van der Waals surface area contributed by atoms with E-state index in [0.29, 0.717) is 0 Å². The second-order valence-electron chi connectivity index (χ2n) is 5.06. The van der Waals surface area contributed by atoms with Crippen molar-refractivity contribution in [3.05, 3.63) is 4.60 Å². The molecule has 0 aliphatic heterocycles. The van der Waals surface area contributed by atoms with Crippen LogP contribution in [0.2, 0.25) is 0 Å². The fraction of sp³-hybridized carbons (Fsp3) is 0.818. The van der Waals surface area contributed by atoms with Crippen molar-refractivity contribution >= 4 is 26.0 Å². The Bertz CT molecular complexity index is 515. The van der Waals surface area contributed by atoms with Gasteiger partial charge >= 0.3 is 0 Å². The van der Waals surface area contributed by atoms with Crippen molar-refractivity contribution in [2.24, 2.45) is 13.0 Å². The zero-order valence-electron chi connectivity index (χ0n) is 11.1. The minimum atomic E-state index is -3.56. The fourth-order valence-electron chi connectivity index (χ4n) is 2.57. The Morgan fingerprint density at radius 1 is 1.37 bits per heavy atom. The number of hydrogen-bond donors (Lipinski definition) is 1. The Kier molecular flexibility index (Phi) is 4.62. The number of halogens is 1. The van der Waals surface area contributed by atoms with Gasteiger partial charge in [-0.15, -0.1) is 5.10 Å². The molecule has 0 radical (unpaired) electrons. The number of aryl methyl sites for hydroxylation is 1. The van der Waals surface area contributed by atoms with Crippen LogP contribution in [-0.4, -0.2) is 29.5 Å². The molecule has 0 atom stereocenters. The highest BCUT2D eigenvalue weighted by atomic mass is 79.9. The molecule has 1 aromatic heterocycles. The average molecular weight is 351 g/mol. The molecule has 1 fully saturated rings. The summed E-state index contributed by atoms with van der Waals surface area (Å²) >= 11 is 3.12. The Labute approximate surface area is 122 Å². The highest BCUT2D eigenvalue weighted by molar-refractivity contribution is 9.10. The standard InChI is InChI=1S/C11H19BrN4O2S/c1-3-8-4-6-9(7-5-8)14-19(17,18)11-10(12)13-15-16(11)2/h8-9,14H,3-7H2,1-2H3. The Morgan fingerprint density at radius 3 is 2.47 bits per heavy atom. The summed E-state index contributed by atoms with van der Waals surface area (Å²) in [4.78, 5) is 0. The third-order valence-corrected chi connectivity index (χ3v) is 6.14. The van der Waals surface area contributed by atoms with Crippen LogP contribution in [-0.2, 0) is 17.1 Å². The third kappa shape index (κ3) is 3.35. The number of nitrogens with one attached hydrogen (secondary N) is 1. The van der Waals surface area contributed by atoms with Gasteiger partial charge in [-0.1, -0.05) is 18.6 Å². The number of sulfonamides is 1. The van der Waals surface area contributed by atoms with Gasteiger partial charge in [0.1, 0.15) is 0 Å². The summed E-state index contributed by atoms with van der Waals surface area (Å²) < 4.78 is 28.9. The van der Waals surface area contributed by atoms with Crippen molar-refractivity contribution in [1.29, 1.82) is 0 Å². The monoisotopic (exact) mass is 350 g/mol. The summed E-state index contributed by atoms with van der Waals surface area (Å²) in [6, 6.07) is 0.0228. The molecule has 1 saturated carbocycles. The molecular formula is C11H19BrN4O2S. The van der Waals surface area contributed by atoms with E-state index in [1.807, 2.05) is 0 Å². The molecule has 8 heteroatoms. The molecule has 0 unspecified atom stereocenters. The van der Waals surface area contributed by atoms with E-state index < -0.39 is 10.0 Å². The molecule has 1 aliphatic rings. The molecule has 0 saturated heterocycles. The highest BCUT2D eigenvalue weighted by Crippen LogP contribution is 2.28. The summed E-state index contributed by atoms with van der Waals surface area (Å²) in [5, 5.41) is 7.50. The lowest BCUT2D eigenvalue weighted by Gasteiger charge is -2.28. The van der Waals surface area contributed by atoms with Gasteiger partial charge in [0.05, 0.1) is 0 Å². The average Bonchev–Trinajstić information content (AvgIpc) is 2.70. The van der Waals surface area contributed by atoms with Crippen LogP contribution in [0.25, 0.3) is 0 Å². The van der Waals surface area contributed by atoms with Crippen LogP contribution in [0.3, 0.4) is 0 Å². The van der Waals surface area contributed by atoms with Gasteiger partial charge in [0.25, 0.3) is 10.0 Å². The van der Waals surface area contributed by atoms with E-state index >= 15 is 0 Å². The molecule has 0 bridgehead atoms. The van der Waals surface area contributed by atoms with Crippen molar-refractivity contribution in [1.82, 2.24) is 19.7 Å². The van der Waals surface area contributed by atoms with Gasteiger partial charge in [0, 0.05) is 13.1 Å². The molecule has 0 aromatic carbocycles. The van der Waals surface area contributed by atoms with Crippen LogP contribution >= 0.6 is 15.9 Å². The number of aromatic nitrogens is 3. The number of nitrogens with zero attached hydrogens (tertiary/aromatic N) is 3. The molecule has 1 aromatic rings. The first-order chi connectivity index (χ1) is 8.94. The first kappa shape index (κ1) is 14.9. The maximum absolute atomic E-state index is 12.3. The zero-order valence-corrected chi connectivity index (χ0v) is 13.5. The largest absolute Gasteiger partial charge is 0.260 e. The lowest BCUT2D eigenvalue weighted by Crippen LogP contribution is -2.38. The lowest BCUT2D eigenvalue weighted by molar-refractivity contribution is 0.306. The van der Waals surface area contributed by atoms with Gasteiger partial charge in [-0.3, -0.25) is 0 Å². The molecule has 0 spiro atoms. The second-order valence-corrected chi connectivity index (χ2v) is 7.44. The Hall–Kier alpha value is -0.470. The second kappa shape index (κ2) is 5.88. The smallest absolute Gasteiger partial charge is 0.235 e. The van der Waals surface area contributed by atoms with E-state index in [0.717, 1.165) is 31.6 Å². The van der Waals surface area contributed by atoms with Crippen molar-refractivity contribution in [3.63, 3.8) is 0 Å². The molecule has 19 heavy (non-hydrogen) atoms. The van der Waals surface area contributed by atoms with E-state index in [1.165, 1.54) is 11.1 Å². The van der Waals surface area contributed by atoms with Crippen LogP contribution < -0.4 is 4.72 Å². The minimum absolute atomic E-state index is 0.0228. The first-order valence-corrected chi connectivity index (χ1v) is 8.79. The summed E-state index contributed by atoms with van der Waals surface area (Å²) in [7, 11) is -1.99. The van der Waals surface area contributed by atoms with Crippen LogP contribution in [0.4, 0.5) is 0 Å². The summed E-state index contributed by atoms with van der Waals surface area (Å²) in [6.45, 7) is 2.19. The maximum atomic E-state index is 12.3. The van der Waals surface area contributed by atoms with E-state index in [2.05, 4.69) is 37.9 Å². The Morgan fingerprint density at radius 2 is 2.00 bits per heavy atom. The molecule has 1 aliphatic carbocycles. The quantitative estimate of drug-likeness (QED) is 0.898. The van der Waals surface area contributed by atoms with Gasteiger partial charge in [-0.2, -0.15) is 0 Å². The van der Waals surface area contributed by atoms with Crippen molar-refractivity contribution in [2.45, 2.75) is 50.1 Å². The maximum Gasteiger partial charge on any atom is 0.260 e. The van der Waals surface area contributed by atoms with Crippen molar-refractivity contribution in [2.75, 3.05) is 0 Å². The van der Waals surface area contributed by atoms with Crippen LogP contribution in [0, 0.1) is 5.92 Å². The van der Waals surface area contributed by atoms with Gasteiger partial charge in [-0.05, 0) is 47.5 Å². The fourth-order valence-corrected chi connectivity index (χ4v) is 4.97. The lowest BCUT2D eigenvalue weighted by atomic mass is 9.85. The SMILES string of the molecule is CCC1CCC(NS(=O)(=O)c2c(Br)nnn2C)CC1. The molecular weight excluding hydrogens is 332 g/mol. The predicted molar refractivity (Wildman–Crippen MR) is 75.1 cm³/mol. The van der Waals surface area contributed by atoms with E-state index in [1.54, 1.807) is 7.05 Å². The van der Waals surface area contributed by atoms with Crippen LogP contribution in [0.1, 0.15) is 39.0 Å². The first-order valence-electron chi connectivity index (χ1n) is 6.51. The van der Waals surface area contributed by atoms with Crippen LogP contribution in [0.5, 0.6) is 0 Å². The molecule has 1 heterocycles. The number of rotatable bonds is 4.